The van der Waals surface area contributed by atoms with Gasteiger partial charge in [-0.15, -0.1) is 0 Å². The number of esters is 1. The summed E-state index contributed by atoms with van der Waals surface area (Å²) in [4.78, 5) is 27.7. The number of hydrogen-bond donors (Lipinski definition) is 3. The lowest BCUT2D eigenvalue weighted by Crippen LogP contribution is -2.48. The van der Waals surface area contributed by atoms with Crippen molar-refractivity contribution in [3.63, 3.8) is 0 Å². The number of halogens is 1. The molecule has 11 heteroatoms. The smallest absolute Gasteiger partial charge is 0.310 e. The van der Waals surface area contributed by atoms with Crippen LogP contribution in [0, 0.1) is 23.1 Å². The Morgan fingerprint density at radius 3 is 2.64 bits per heavy atom. The van der Waals surface area contributed by atoms with E-state index in [2.05, 4.69) is 15.1 Å². The predicted octanol–water partition coefficient (Wildman–Crippen LogP) is 1.47. The summed E-state index contributed by atoms with van der Waals surface area (Å²) < 4.78 is 20.4. The van der Waals surface area contributed by atoms with Crippen LogP contribution in [0.15, 0.2) is 35.7 Å². The molecule has 4 N–H and O–H groups in total. The Morgan fingerprint density at radius 1 is 1.27 bits per heavy atom. The summed E-state index contributed by atoms with van der Waals surface area (Å²) in [6, 6.07) is 4.86. The maximum Gasteiger partial charge on any atom is 0.310 e. The highest BCUT2D eigenvalue weighted by Crippen LogP contribution is 2.35. The molecule has 0 amide bonds. The van der Waals surface area contributed by atoms with Gasteiger partial charge in [-0.25, -0.2) is 14.4 Å². The van der Waals surface area contributed by atoms with Gasteiger partial charge in [0.05, 0.1) is 37.2 Å². The van der Waals surface area contributed by atoms with Crippen LogP contribution in [0.1, 0.15) is 18.4 Å². The first-order chi connectivity index (χ1) is 16.0. The molecule has 1 aromatic heterocycles. The lowest BCUT2D eigenvalue weighted by atomic mass is 9.73. The van der Waals surface area contributed by atoms with Gasteiger partial charge in [0.15, 0.2) is 0 Å². The van der Waals surface area contributed by atoms with Gasteiger partial charge in [-0.1, -0.05) is 23.4 Å². The van der Waals surface area contributed by atoms with Crippen LogP contribution in [-0.2, 0) is 21.0 Å². The van der Waals surface area contributed by atoms with Crippen LogP contribution in [0.5, 0.6) is 0 Å². The highest BCUT2D eigenvalue weighted by molar-refractivity contribution is 5.98. The summed E-state index contributed by atoms with van der Waals surface area (Å²) >= 11 is 0. The molecule has 0 spiro atoms. The maximum absolute atomic E-state index is 15.1. The number of amidine groups is 1. The molecule has 10 nitrogen and oxygen atoms in total. The molecule has 2 fully saturated rings. The molecular formula is C22H25FN6O4. The van der Waals surface area contributed by atoms with Crippen LogP contribution in [-0.4, -0.2) is 58.9 Å². The van der Waals surface area contributed by atoms with Crippen molar-refractivity contribution < 1.29 is 23.9 Å². The Hall–Kier alpha value is -3.60. The Balaban J connectivity index is 1.37. The van der Waals surface area contributed by atoms with E-state index in [0.717, 1.165) is 5.71 Å². The largest absolute Gasteiger partial charge is 0.460 e. The number of nitrogens with zero attached hydrogens (tertiary/aromatic N) is 4. The van der Waals surface area contributed by atoms with Crippen molar-refractivity contribution in [2.45, 2.75) is 19.4 Å². The molecule has 0 unspecified atom stereocenters. The highest BCUT2D eigenvalue weighted by atomic mass is 19.1. The van der Waals surface area contributed by atoms with Crippen LogP contribution in [0.4, 0.5) is 10.3 Å². The summed E-state index contributed by atoms with van der Waals surface area (Å²) in [7, 11) is 0. The van der Waals surface area contributed by atoms with Crippen molar-refractivity contribution in [2.75, 3.05) is 31.2 Å². The second kappa shape index (κ2) is 9.90. The number of nitrogens with one attached hydrogen (secondary N) is 1. The second-order valence-corrected chi connectivity index (χ2v) is 7.97. The summed E-state index contributed by atoms with van der Waals surface area (Å²) in [5.41, 5.74) is 7.37. The van der Waals surface area contributed by atoms with Gasteiger partial charge in [-0.05, 0) is 12.8 Å². The lowest BCUT2D eigenvalue weighted by molar-refractivity contribution is -0.154. The molecule has 1 aliphatic heterocycles. The van der Waals surface area contributed by atoms with Gasteiger partial charge in [-0.3, -0.25) is 10.2 Å². The summed E-state index contributed by atoms with van der Waals surface area (Å²) in [6.45, 7) is 0.897. The van der Waals surface area contributed by atoms with E-state index < -0.39 is 17.7 Å². The van der Waals surface area contributed by atoms with E-state index in [1.165, 1.54) is 0 Å². The molecule has 1 aliphatic carbocycles. The third-order valence-corrected chi connectivity index (χ3v) is 5.78. The topological polar surface area (TPSA) is 147 Å². The first-order valence-corrected chi connectivity index (χ1v) is 10.6. The number of anilines is 1. The molecule has 2 heterocycles. The van der Waals surface area contributed by atoms with Crippen LogP contribution >= 0.6 is 0 Å². The average molecular weight is 456 g/mol. The maximum atomic E-state index is 15.1. The van der Waals surface area contributed by atoms with Crippen molar-refractivity contribution in [1.82, 2.24) is 9.97 Å². The molecule has 2 atom stereocenters. The minimum Gasteiger partial charge on any atom is -0.460 e. The number of benzene rings is 1. The number of aromatic nitrogens is 2. The van der Waals surface area contributed by atoms with Gasteiger partial charge in [-0.2, -0.15) is 0 Å². The summed E-state index contributed by atoms with van der Waals surface area (Å²) in [5.74, 6) is -1.20. The number of nitrogens with two attached hydrogens (primary N) is 1. The molecule has 1 saturated carbocycles. The quantitative estimate of drug-likeness (QED) is 0.169. The summed E-state index contributed by atoms with van der Waals surface area (Å²) in [5, 5.41) is 20.1. The van der Waals surface area contributed by atoms with Crippen LogP contribution in [0.3, 0.4) is 0 Å². The van der Waals surface area contributed by atoms with Gasteiger partial charge in [0.25, 0.3) is 0 Å². The zero-order valence-corrected chi connectivity index (χ0v) is 17.9. The molecule has 4 rings (SSSR count). The first-order valence-electron chi connectivity index (χ1n) is 10.6. The normalized spacial score (nSPS) is 19.3. The second-order valence-electron chi connectivity index (χ2n) is 7.97. The number of hydrogen-bond acceptors (Lipinski definition) is 9. The standard InChI is InChI=1S/C22H25FN6O4/c23-19-13(12-32-21(31)18-5-4-17(18)20(24)25)2-1-3-16(19)14-8-26-22(27-9-14)29-10-15(11-29)28-33-7-6-30/h1-3,8-9,17-18,30H,4-7,10-12H2,(H3,24,25)/t17-,18+/m1/s1. The number of rotatable bonds is 9. The van der Waals surface area contributed by atoms with Crippen molar-refractivity contribution in [1.29, 1.82) is 5.41 Å². The van der Waals surface area contributed by atoms with Gasteiger partial charge >= 0.3 is 5.97 Å². The third kappa shape index (κ3) is 4.92. The molecule has 2 aliphatic rings. The fourth-order valence-electron chi connectivity index (χ4n) is 3.72. The number of carbonyl (C=O) groups is 1. The van der Waals surface area contributed by atoms with Crippen molar-refractivity contribution >= 4 is 23.5 Å². The highest BCUT2D eigenvalue weighted by Gasteiger charge is 2.39. The number of oxime groups is 1. The molecular weight excluding hydrogens is 431 g/mol. The van der Waals surface area contributed by atoms with E-state index in [1.807, 2.05) is 4.90 Å². The molecule has 1 saturated heterocycles. The lowest BCUT2D eigenvalue weighted by Gasteiger charge is -2.33. The van der Waals surface area contributed by atoms with E-state index >= 15 is 4.39 Å². The van der Waals surface area contributed by atoms with E-state index in [0.29, 0.717) is 43.0 Å². The molecule has 0 bridgehead atoms. The fourth-order valence-corrected chi connectivity index (χ4v) is 3.72. The zero-order chi connectivity index (χ0) is 23.4. The number of aliphatic hydroxyl groups excluding tert-OH is 1. The van der Waals surface area contributed by atoms with E-state index in [1.54, 1.807) is 30.6 Å². The number of ether oxygens (including phenoxy) is 1. The zero-order valence-electron chi connectivity index (χ0n) is 17.9. The van der Waals surface area contributed by atoms with Crippen LogP contribution < -0.4 is 10.6 Å². The first kappa shape index (κ1) is 22.6. The SMILES string of the molecule is N=C(N)[C@@H]1CC[C@@H]1C(=O)OCc1cccc(-c2cnc(N3CC(=NOCCO)C3)nc2)c1F. The van der Waals surface area contributed by atoms with Crippen molar-refractivity contribution in [3.8, 4) is 11.1 Å². The van der Waals surface area contributed by atoms with Crippen molar-refractivity contribution in [2.24, 2.45) is 22.7 Å². The third-order valence-electron chi connectivity index (χ3n) is 5.78. The molecule has 0 radical (unpaired) electrons. The average Bonchev–Trinajstić information content (AvgIpc) is 2.74. The number of aliphatic hydroxyl groups is 1. The molecule has 33 heavy (non-hydrogen) atoms. The summed E-state index contributed by atoms with van der Waals surface area (Å²) in [6.07, 6.45) is 4.40. The Bertz CT molecular complexity index is 1050. The molecule has 1 aromatic carbocycles. The minimum atomic E-state index is -0.502. The molecule has 2 aromatic rings. The molecule has 174 valence electrons. The van der Waals surface area contributed by atoms with E-state index in [9.17, 15) is 4.79 Å². The van der Waals surface area contributed by atoms with E-state index in [4.69, 9.17) is 25.8 Å². The van der Waals surface area contributed by atoms with Crippen LogP contribution in [0.25, 0.3) is 11.1 Å². The van der Waals surface area contributed by atoms with E-state index in [-0.39, 0.29) is 37.1 Å². The minimum absolute atomic E-state index is 0.0170. The van der Waals surface area contributed by atoms with Crippen molar-refractivity contribution in [3.05, 3.63) is 42.0 Å². The van der Waals surface area contributed by atoms with Gasteiger partial charge in [0.1, 0.15) is 19.0 Å². The van der Waals surface area contributed by atoms with Gasteiger partial charge < -0.3 is 25.3 Å². The van der Waals surface area contributed by atoms with Gasteiger partial charge in [0.2, 0.25) is 5.95 Å². The van der Waals surface area contributed by atoms with Gasteiger partial charge in [0, 0.05) is 35.0 Å². The predicted molar refractivity (Wildman–Crippen MR) is 118 cm³/mol. The monoisotopic (exact) mass is 456 g/mol. The Kier molecular flexibility index (Phi) is 6.78. The van der Waals surface area contributed by atoms with Crippen LogP contribution in [0.2, 0.25) is 0 Å². The fraction of sp³-hybridized carbons (Fsp3) is 0.409. The number of carbonyl (C=O) groups excluding carboxylic acids is 1. The Labute approximate surface area is 189 Å². The Morgan fingerprint density at radius 2 is 2.00 bits per heavy atom.